The van der Waals surface area contributed by atoms with Crippen LogP contribution in [0.25, 0.3) is 6.08 Å². The Kier molecular flexibility index (Phi) is 6.33. The lowest BCUT2D eigenvalue weighted by Crippen LogP contribution is -2.39. The minimum absolute atomic E-state index is 0.115. The SMILES string of the molecule is CCOC(=O)C1=C(C)N=c2s/c(=C\c3c(F)cccc3Cl)c(=O)n2C1c1ccc(Cl)cc1. The van der Waals surface area contributed by atoms with Gasteiger partial charge >= 0.3 is 5.97 Å². The molecular formula is C23H17Cl2FN2O3S. The number of hydrogen-bond donors (Lipinski definition) is 0. The van der Waals surface area contributed by atoms with E-state index in [0.29, 0.717) is 21.1 Å². The van der Waals surface area contributed by atoms with Crippen molar-refractivity contribution in [1.29, 1.82) is 0 Å². The fourth-order valence-corrected chi connectivity index (χ4v) is 4.90. The number of halogens is 3. The van der Waals surface area contributed by atoms with Gasteiger partial charge in [-0.25, -0.2) is 14.2 Å². The molecule has 1 aromatic heterocycles. The van der Waals surface area contributed by atoms with Crippen LogP contribution in [0.4, 0.5) is 4.39 Å². The Bertz CT molecular complexity index is 1400. The van der Waals surface area contributed by atoms with Gasteiger partial charge in [0.15, 0.2) is 4.80 Å². The van der Waals surface area contributed by atoms with Crippen molar-refractivity contribution in [2.24, 2.45) is 4.99 Å². The number of carbonyl (C=O) groups excluding carboxylic acids is 1. The van der Waals surface area contributed by atoms with Gasteiger partial charge < -0.3 is 4.74 Å². The molecule has 5 nitrogen and oxygen atoms in total. The molecule has 1 unspecified atom stereocenters. The third-order valence-electron chi connectivity index (χ3n) is 4.98. The van der Waals surface area contributed by atoms with E-state index in [9.17, 15) is 14.0 Å². The zero-order chi connectivity index (χ0) is 23.0. The number of carbonyl (C=O) groups is 1. The van der Waals surface area contributed by atoms with Crippen molar-refractivity contribution >= 4 is 46.6 Å². The maximum Gasteiger partial charge on any atom is 0.338 e. The number of allylic oxidation sites excluding steroid dienone is 1. The molecular weight excluding hydrogens is 474 g/mol. The van der Waals surface area contributed by atoms with E-state index in [4.69, 9.17) is 27.9 Å². The van der Waals surface area contributed by atoms with Gasteiger partial charge in [0.1, 0.15) is 5.82 Å². The molecule has 0 saturated carbocycles. The summed E-state index contributed by atoms with van der Waals surface area (Å²) in [5.41, 5.74) is 1.08. The molecule has 0 amide bonds. The van der Waals surface area contributed by atoms with E-state index in [0.717, 1.165) is 11.3 Å². The molecule has 0 aliphatic carbocycles. The van der Waals surface area contributed by atoms with Crippen molar-refractivity contribution in [3.05, 3.63) is 100 Å². The molecule has 32 heavy (non-hydrogen) atoms. The number of thiazole rings is 1. The van der Waals surface area contributed by atoms with Crippen molar-refractivity contribution in [2.75, 3.05) is 6.61 Å². The highest BCUT2D eigenvalue weighted by Crippen LogP contribution is 2.31. The highest BCUT2D eigenvalue weighted by atomic mass is 35.5. The van der Waals surface area contributed by atoms with E-state index in [1.54, 1.807) is 44.2 Å². The maximum atomic E-state index is 14.3. The normalized spacial score (nSPS) is 16.0. The fraction of sp³-hybridized carbons (Fsp3) is 0.174. The Hall–Kier alpha value is -2.74. The van der Waals surface area contributed by atoms with E-state index in [1.807, 2.05) is 0 Å². The summed E-state index contributed by atoms with van der Waals surface area (Å²) >= 11 is 13.3. The molecule has 1 atom stereocenters. The summed E-state index contributed by atoms with van der Waals surface area (Å²) in [5.74, 6) is -1.10. The molecule has 0 N–H and O–H groups in total. The number of benzene rings is 2. The van der Waals surface area contributed by atoms with Crippen LogP contribution >= 0.6 is 34.5 Å². The molecule has 1 aliphatic heterocycles. The molecule has 9 heteroatoms. The minimum atomic E-state index is -0.763. The summed E-state index contributed by atoms with van der Waals surface area (Å²) in [5, 5.41) is 0.710. The molecule has 0 spiro atoms. The Morgan fingerprint density at radius 2 is 1.97 bits per heavy atom. The van der Waals surface area contributed by atoms with Gasteiger partial charge in [-0.1, -0.05) is 52.7 Å². The average molecular weight is 491 g/mol. The Labute approximate surface area is 196 Å². The van der Waals surface area contributed by atoms with E-state index >= 15 is 0 Å². The van der Waals surface area contributed by atoms with E-state index in [2.05, 4.69) is 4.99 Å². The Morgan fingerprint density at radius 1 is 1.25 bits per heavy atom. The third-order valence-corrected chi connectivity index (χ3v) is 6.54. The Morgan fingerprint density at radius 3 is 2.62 bits per heavy atom. The second kappa shape index (κ2) is 9.02. The van der Waals surface area contributed by atoms with Crippen LogP contribution < -0.4 is 14.9 Å². The molecule has 2 heterocycles. The number of esters is 1. The molecule has 4 rings (SSSR count). The van der Waals surface area contributed by atoms with Gasteiger partial charge in [0.05, 0.1) is 33.5 Å². The second-order valence-electron chi connectivity index (χ2n) is 6.99. The molecule has 0 saturated heterocycles. The standard InChI is InChI=1S/C23H17Cl2FN2O3S/c1-3-31-22(30)19-12(2)27-23-28(20(19)13-7-9-14(24)10-8-13)21(29)18(32-23)11-15-16(25)5-4-6-17(15)26/h4-11,20H,3H2,1-2H3/b18-11-. The highest BCUT2D eigenvalue weighted by molar-refractivity contribution is 7.07. The first-order valence-electron chi connectivity index (χ1n) is 9.71. The van der Waals surface area contributed by atoms with Crippen LogP contribution in [0.3, 0.4) is 0 Å². The molecule has 1 aliphatic rings. The van der Waals surface area contributed by atoms with Gasteiger partial charge in [-0.3, -0.25) is 9.36 Å². The fourth-order valence-electron chi connectivity index (χ4n) is 3.53. The van der Waals surface area contributed by atoms with Gasteiger partial charge in [0.2, 0.25) is 0 Å². The number of aromatic nitrogens is 1. The topological polar surface area (TPSA) is 60.7 Å². The number of fused-ring (bicyclic) bond motifs is 1. The van der Waals surface area contributed by atoms with Crippen LogP contribution in [0.5, 0.6) is 0 Å². The van der Waals surface area contributed by atoms with E-state index < -0.39 is 23.4 Å². The van der Waals surface area contributed by atoms with Crippen LogP contribution in [0, 0.1) is 5.82 Å². The Balaban J connectivity index is 1.99. The highest BCUT2D eigenvalue weighted by Gasteiger charge is 2.33. The molecule has 3 aromatic rings. The number of nitrogens with zero attached hydrogens (tertiary/aromatic N) is 2. The first-order chi connectivity index (χ1) is 15.3. The van der Waals surface area contributed by atoms with Gasteiger partial charge in [0, 0.05) is 10.6 Å². The van der Waals surface area contributed by atoms with Gasteiger partial charge in [0.25, 0.3) is 5.56 Å². The van der Waals surface area contributed by atoms with Crippen molar-refractivity contribution in [3.63, 3.8) is 0 Å². The van der Waals surface area contributed by atoms with Gasteiger partial charge in [-0.05, 0) is 49.8 Å². The average Bonchev–Trinajstić information content (AvgIpc) is 3.05. The predicted molar refractivity (Wildman–Crippen MR) is 123 cm³/mol. The first kappa shape index (κ1) is 22.5. The molecule has 0 bridgehead atoms. The minimum Gasteiger partial charge on any atom is -0.463 e. The second-order valence-corrected chi connectivity index (χ2v) is 8.84. The monoisotopic (exact) mass is 490 g/mol. The van der Waals surface area contributed by atoms with Crippen LogP contribution in [0.15, 0.2) is 63.5 Å². The lowest BCUT2D eigenvalue weighted by atomic mass is 9.96. The summed E-state index contributed by atoms with van der Waals surface area (Å²) in [4.78, 5) is 31.1. The van der Waals surface area contributed by atoms with Crippen molar-refractivity contribution in [1.82, 2.24) is 4.57 Å². The van der Waals surface area contributed by atoms with Crippen LogP contribution in [0.1, 0.15) is 31.0 Å². The zero-order valence-corrected chi connectivity index (χ0v) is 19.4. The lowest BCUT2D eigenvalue weighted by molar-refractivity contribution is -0.139. The van der Waals surface area contributed by atoms with Gasteiger partial charge in [-0.2, -0.15) is 0 Å². The number of ether oxygens (including phenoxy) is 1. The summed E-state index contributed by atoms with van der Waals surface area (Å²) in [6.07, 6.45) is 1.41. The van der Waals surface area contributed by atoms with Gasteiger partial charge in [-0.15, -0.1) is 0 Å². The zero-order valence-electron chi connectivity index (χ0n) is 17.1. The summed E-state index contributed by atoms with van der Waals surface area (Å²) < 4.78 is 21.2. The smallest absolute Gasteiger partial charge is 0.338 e. The summed E-state index contributed by atoms with van der Waals surface area (Å²) in [6, 6.07) is 10.4. The number of rotatable bonds is 4. The molecule has 0 fully saturated rings. The lowest BCUT2D eigenvalue weighted by Gasteiger charge is -2.24. The summed E-state index contributed by atoms with van der Waals surface area (Å²) in [7, 11) is 0. The van der Waals surface area contributed by atoms with Crippen molar-refractivity contribution in [3.8, 4) is 0 Å². The number of hydrogen-bond acceptors (Lipinski definition) is 5. The molecule has 0 radical (unpaired) electrons. The van der Waals surface area contributed by atoms with Crippen LogP contribution in [-0.2, 0) is 9.53 Å². The quantitative estimate of drug-likeness (QED) is 0.513. The van der Waals surface area contributed by atoms with E-state index in [-0.39, 0.29) is 27.3 Å². The molecule has 2 aromatic carbocycles. The van der Waals surface area contributed by atoms with Crippen molar-refractivity contribution in [2.45, 2.75) is 19.9 Å². The largest absolute Gasteiger partial charge is 0.463 e. The predicted octanol–water partition coefficient (Wildman–Crippen LogP) is 4.24. The maximum absolute atomic E-state index is 14.3. The van der Waals surface area contributed by atoms with Crippen LogP contribution in [-0.4, -0.2) is 17.1 Å². The van der Waals surface area contributed by atoms with E-state index in [1.165, 1.54) is 22.8 Å². The molecule has 164 valence electrons. The third kappa shape index (κ3) is 4.03. The van der Waals surface area contributed by atoms with Crippen molar-refractivity contribution < 1.29 is 13.9 Å². The van der Waals surface area contributed by atoms with Crippen LogP contribution in [0.2, 0.25) is 10.0 Å². The first-order valence-corrected chi connectivity index (χ1v) is 11.3. The summed E-state index contributed by atoms with van der Waals surface area (Å²) in [6.45, 7) is 3.58.